The van der Waals surface area contributed by atoms with Gasteiger partial charge in [-0.2, -0.15) is 0 Å². The van der Waals surface area contributed by atoms with Crippen molar-refractivity contribution in [1.29, 1.82) is 0 Å². The van der Waals surface area contributed by atoms with E-state index in [-0.39, 0.29) is 5.82 Å². The van der Waals surface area contributed by atoms with Gasteiger partial charge in [0.2, 0.25) is 5.91 Å². The fourth-order valence-corrected chi connectivity index (χ4v) is 3.28. The molecule has 6 heteroatoms. The van der Waals surface area contributed by atoms with Gasteiger partial charge in [0.25, 0.3) is 0 Å². The summed E-state index contributed by atoms with van der Waals surface area (Å²) < 4.78 is 26.5. The maximum atomic E-state index is 12.7. The second kappa shape index (κ2) is 8.11. The molecule has 2 N–H and O–H groups in total. The maximum Gasteiger partial charge on any atom is 0.235 e. The standard InChI is InChI=1S/C11H13FN2O2S.C3H8/c12-8-3-5-9(6-4-8)17(16)14-7-1-2-10(14)11(13)15;1-3-2/h3-6,10H,1-2,7H2,(H2,13,15);3H2,1-2H3. The minimum atomic E-state index is -1.45. The van der Waals surface area contributed by atoms with Gasteiger partial charge in [-0.3, -0.25) is 4.79 Å². The molecule has 4 nitrogen and oxygen atoms in total. The first-order valence-corrected chi connectivity index (χ1v) is 7.85. The Kier molecular flexibility index (Phi) is 6.81. The summed E-state index contributed by atoms with van der Waals surface area (Å²) >= 11 is 0. The highest BCUT2D eigenvalue weighted by atomic mass is 32.2. The van der Waals surface area contributed by atoms with Crippen LogP contribution in [0, 0.1) is 5.82 Å². The third kappa shape index (κ3) is 4.38. The molecule has 2 rings (SSSR count). The number of hydrogen-bond donors (Lipinski definition) is 1. The molecule has 0 radical (unpaired) electrons. The Labute approximate surface area is 121 Å². The quantitative estimate of drug-likeness (QED) is 0.930. The molecule has 1 heterocycles. The molecular weight excluding hydrogens is 279 g/mol. The summed E-state index contributed by atoms with van der Waals surface area (Å²) in [5.74, 6) is -0.836. The van der Waals surface area contributed by atoms with Crippen molar-refractivity contribution < 1.29 is 13.4 Å². The largest absolute Gasteiger partial charge is 0.368 e. The first kappa shape index (κ1) is 16.8. The summed E-state index contributed by atoms with van der Waals surface area (Å²) in [5, 5.41) is 0. The maximum absolute atomic E-state index is 12.7. The minimum Gasteiger partial charge on any atom is -0.368 e. The van der Waals surface area contributed by atoms with E-state index in [0.717, 1.165) is 6.42 Å². The number of nitrogens with zero attached hydrogens (tertiary/aromatic N) is 1. The normalized spacial score (nSPS) is 20.1. The Bertz CT molecular complexity index is 465. The number of halogens is 1. The molecule has 2 atom stereocenters. The molecular formula is C14H21FN2O2S. The third-order valence-corrected chi connectivity index (χ3v) is 4.30. The van der Waals surface area contributed by atoms with E-state index in [9.17, 15) is 13.4 Å². The lowest BCUT2D eigenvalue weighted by Gasteiger charge is -2.20. The lowest BCUT2D eigenvalue weighted by Crippen LogP contribution is -2.41. The summed E-state index contributed by atoms with van der Waals surface area (Å²) in [6.45, 7) is 4.82. The number of nitrogens with two attached hydrogens (primary N) is 1. The number of carbonyl (C=O) groups excluding carboxylic acids is 1. The van der Waals surface area contributed by atoms with Crippen LogP contribution in [0.1, 0.15) is 33.1 Å². The van der Waals surface area contributed by atoms with Crippen LogP contribution in [-0.2, 0) is 15.8 Å². The highest BCUT2D eigenvalue weighted by Crippen LogP contribution is 2.23. The third-order valence-electron chi connectivity index (χ3n) is 2.76. The van der Waals surface area contributed by atoms with Crippen molar-refractivity contribution in [3.05, 3.63) is 30.1 Å². The van der Waals surface area contributed by atoms with Crippen molar-refractivity contribution in [3.8, 4) is 0 Å². The molecule has 0 bridgehead atoms. The summed E-state index contributed by atoms with van der Waals surface area (Å²) in [6, 6.07) is 4.94. The van der Waals surface area contributed by atoms with Gasteiger partial charge in [0.1, 0.15) is 22.8 Å². The van der Waals surface area contributed by atoms with Crippen LogP contribution < -0.4 is 5.73 Å². The topological polar surface area (TPSA) is 63.4 Å². The Hall–Kier alpha value is -1.27. The first-order valence-electron chi connectivity index (χ1n) is 6.74. The van der Waals surface area contributed by atoms with Gasteiger partial charge < -0.3 is 5.73 Å². The molecule has 1 fully saturated rings. The second-order valence-corrected chi connectivity index (χ2v) is 6.05. The van der Waals surface area contributed by atoms with Crippen LogP contribution >= 0.6 is 0 Å². The average Bonchev–Trinajstić information content (AvgIpc) is 2.89. The predicted octanol–water partition coefficient (Wildman–Crippen LogP) is 2.21. The number of benzene rings is 1. The van der Waals surface area contributed by atoms with Crippen molar-refractivity contribution in [2.24, 2.45) is 5.73 Å². The average molecular weight is 300 g/mol. The zero-order valence-electron chi connectivity index (χ0n) is 11.8. The van der Waals surface area contributed by atoms with Gasteiger partial charge in [-0.05, 0) is 37.1 Å². The second-order valence-electron chi connectivity index (χ2n) is 4.61. The van der Waals surface area contributed by atoms with Gasteiger partial charge in [0.05, 0.1) is 4.90 Å². The van der Waals surface area contributed by atoms with Gasteiger partial charge in [0, 0.05) is 6.54 Å². The van der Waals surface area contributed by atoms with Gasteiger partial charge in [0.15, 0.2) is 0 Å². The summed E-state index contributed by atoms with van der Waals surface area (Å²) in [5.41, 5.74) is 5.25. The Balaban J connectivity index is 0.000000612. The van der Waals surface area contributed by atoms with E-state index < -0.39 is 22.9 Å². The molecule has 1 aromatic carbocycles. The molecule has 112 valence electrons. The van der Waals surface area contributed by atoms with Gasteiger partial charge in [-0.25, -0.2) is 12.9 Å². The molecule has 0 spiro atoms. The van der Waals surface area contributed by atoms with Crippen LogP contribution in [0.2, 0.25) is 0 Å². The molecule has 2 unspecified atom stereocenters. The summed E-state index contributed by atoms with van der Waals surface area (Å²) in [4.78, 5) is 11.7. The zero-order valence-corrected chi connectivity index (χ0v) is 12.7. The monoisotopic (exact) mass is 300 g/mol. The number of rotatable bonds is 3. The fraction of sp³-hybridized carbons (Fsp3) is 0.500. The number of carbonyl (C=O) groups is 1. The van der Waals surface area contributed by atoms with E-state index in [1.807, 2.05) is 0 Å². The van der Waals surface area contributed by atoms with Crippen LogP contribution in [0.15, 0.2) is 29.2 Å². The lowest BCUT2D eigenvalue weighted by molar-refractivity contribution is -0.120. The van der Waals surface area contributed by atoms with Gasteiger partial charge >= 0.3 is 0 Å². The molecule has 0 aliphatic carbocycles. The molecule has 1 aliphatic rings. The van der Waals surface area contributed by atoms with Crippen LogP contribution in [0.3, 0.4) is 0 Å². The minimum absolute atomic E-state index is 0.376. The van der Waals surface area contributed by atoms with E-state index in [1.54, 1.807) is 4.31 Å². The number of amides is 1. The Morgan fingerprint density at radius 1 is 1.40 bits per heavy atom. The Morgan fingerprint density at radius 2 is 1.95 bits per heavy atom. The predicted molar refractivity (Wildman–Crippen MR) is 77.7 cm³/mol. The molecule has 1 aliphatic heterocycles. The fourth-order valence-electron chi connectivity index (χ4n) is 1.91. The van der Waals surface area contributed by atoms with Gasteiger partial charge in [-0.15, -0.1) is 0 Å². The van der Waals surface area contributed by atoms with Crippen molar-refractivity contribution in [1.82, 2.24) is 4.31 Å². The van der Waals surface area contributed by atoms with E-state index in [2.05, 4.69) is 13.8 Å². The van der Waals surface area contributed by atoms with E-state index in [1.165, 1.54) is 30.7 Å². The molecule has 20 heavy (non-hydrogen) atoms. The molecule has 1 aromatic rings. The highest BCUT2D eigenvalue weighted by molar-refractivity contribution is 7.82. The summed E-state index contributed by atoms with van der Waals surface area (Å²) in [7, 11) is -1.45. The van der Waals surface area contributed by atoms with Crippen molar-refractivity contribution in [3.63, 3.8) is 0 Å². The molecule has 1 amide bonds. The SMILES string of the molecule is CCC.NC(=O)C1CCCN1S(=O)c1ccc(F)cc1. The van der Waals surface area contributed by atoms with Crippen LogP contribution in [-0.4, -0.2) is 27.0 Å². The van der Waals surface area contributed by atoms with Crippen molar-refractivity contribution in [2.45, 2.75) is 44.0 Å². The van der Waals surface area contributed by atoms with Crippen molar-refractivity contribution >= 4 is 16.9 Å². The molecule has 1 saturated heterocycles. The first-order chi connectivity index (χ1) is 9.51. The smallest absolute Gasteiger partial charge is 0.235 e. The number of primary amides is 1. The van der Waals surface area contributed by atoms with Crippen LogP contribution in [0.4, 0.5) is 4.39 Å². The molecule has 0 saturated carbocycles. The van der Waals surface area contributed by atoms with Crippen LogP contribution in [0.25, 0.3) is 0 Å². The van der Waals surface area contributed by atoms with E-state index in [0.29, 0.717) is 17.9 Å². The van der Waals surface area contributed by atoms with Gasteiger partial charge in [-0.1, -0.05) is 20.3 Å². The Morgan fingerprint density at radius 3 is 2.45 bits per heavy atom. The van der Waals surface area contributed by atoms with Crippen molar-refractivity contribution in [2.75, 3.05) is 6.54 Å². The molecule has 0 aromatic heterocycles. The van der Waals surface area contributed by atoms with E-state index >= 15 is 0 Å². The summed E-state index contributed by atoms with van der Waals surface area (Å²) in [6.07, 6.45) is 2.67. The zero-order chi connectivity index (χ0) is 15.1. The lowest BCUT2D eigenvalue weighted by atomic mass is 10.2. The number of hydrogen-bond acceptors (Lipinski definition) is 2. The van der Waals surface area contributed by atoms with E-state index in [4.69, 9.17) is 5.73 Å². The van der Waals surface area contributed by atoms with Crippen LogP contribution in [0.5, 0.6) is 0 Å². The highest BCUT2D eigenvalue weighted by Gasteiger charge is 2.33.